The fourth-order valence-electron chi connectivity index (χ4n) is 1.66. The van der Waals surface area contributed by atoms with E-state index in [2.05, 4.69) is 5.10 Å². The molecule has 6 nitrogen and oxygen atoms in total. The summed E-state index contributed by atoms with van der Waals surface area (Å²) >= 11 is 0. The van der Waals surface area contributed by atoms with E-state index >= 15 is 0 Å². The highest BCUT2D eigenvalue weighted by molar-refractivity contribution is 5.87. The largest absolute Gasteiger partial charge is 0.492 e. The Balaban J connectivity index is 1.97. The van der Waals surface area contributed by atoms with E-state index in [9.17, 15) is 9.59 Å². The third-order valence-electron chi connectivity index (χ3n) is 2.66. The summed E-state index contributed by atoms with van der Waals surface area (Å²) < 4.78 is 6.72. The number of carboxylic acid groups (broad SMARTS) is 1. The van der Waals surface area contributed by atoms with Crippen molar-refractivity contribution in [3.8, 4) is 5.75 Å². The Labute approximate surface area is 115 Å². The first-order valence-corrected chi connectivity index (χ1v) is 6.06. The van der Waals surface area contributed by atoms with Gasteiger partial charge in [0, 0.05) is 6.07 Å². The molecule has 0 atom stereocenters. The van der Waals surface area contributed by atoms with Gasteiger partial charge in [0.05, 0.1) is 18.3 Å². The lowest BCUT2D eigenvalue weighted by atomic mass is 10.2. The van der Waals surface area contributed by atoms with Gasteiger partial charge in [-0.2, -0.15) is 5.10 Å². The van der Waals surface area contributed by atoms with Gasteiger partial charge in [0.1, 0.15) is 12.4 Å². The highest BCUT2D eigenvalue weighted by atomic mass is 16.5. The normalized spacial score (nSPS) is 10.2. The van der Waals surface area contributed by atoms with Crippen LogP contribution in [0.5, 0.6) is 5.75 Å². The standard InChI is InChI=1S/C14H14N2O4/c1-10-7-13(17)16(15-9-10)5-6-20-12-4-2-3-11(8-12)14(18)19/h2-4,7-9H,5-6H2,1H3,(H,18,19). The van der Waals surface area contributed by atoms with Crippen molar-refractivity contribution in [3.63, 3.8) is 0 Å². The quantitative estimate of drug-likeness (QED) is 0.889. The lowest BCUT2D eigenvalue weighted by Gasteiger charge is -2.08. The van der Waals surface area contributed by atoms with Crippen LogP contribution in [-0.4, -0.2) is 27.5 Å². The van der Waals surface area contributed by atoms with Crippen molar-refractivity contribution in [1.82, 2.24) is 9.78 Å². The first kappa shape index (κ1) is 13.8. The van der Waals surface area contributed by atoms with Gasteiger partial charge in [-0.05, 0) is 30.7 Å². The molecule has 0 unspecified atom stereocenters. The number of nitrogens with zero attached hydrogens (tertiary/aromatic N) is 2. The van der Waals surface area contributed by atoms with E-state index < -0.39 is 5.97 Å². The number of carbonyl (C=O) groups is 1. The SMILES string of the molecule is Cc1cnn(CCOc2cccc(C(=O)O)c2)c(=O)c1. The van der Waals surface area contributed by atoms with Crippen LogP contribution in [0.2, 0.25) is 0 Å². The molecule has 1 heterocycles. The van der Waals surface area contributed by atoms with Crippen LogP contribution < -0.4 is 10.3 Å². The second-order valence-electron chi connectivity index (χ2n) is 4.28. The lowest BCUT2D eigenvalue weighted by molar-refractivity contribution is 0.0696. The van der Waals surface area contributed by atoms with Gasteiger partial charge in [-0.3, -0.25) is 4.79 Å². The number of ether oxygens (including phenoxy) is 1. The Bertz CT molecular complexity index is 679. The Kier molecular flexibility index (Phi) is 4.14. The maximum Gasteiger partial charge on any atom is 0.335 e. The Hall–Kier alpha value is -2.63. The summed E-state index contributed by atoms with van der Waals surface area (Å²) in [5.41, 5.74) is 0.780. The number of aromatic nitrogens is 2. The Morgan fingerprint density at radius 3 is 2.90 bits per heavy atom. The zero-order chi connectivity index (χ0) is 14.5. The van der Waals surface area contributed by atoms with Gasteiger partial charge in [-0.25, -0.2) is 9.48 Å². The molecule has 0 amide bonds. The Morgan fingerprint density at radius 1 is 1.40 bits per heavy atom. The molecule has 1 aromatic heterocycles. The van der Waals surface area contributed by atoms with E-state index in [-0.39, 0.29) is 17.7 Å². The number of benzene rings is 1. The Morgan fingerprint density at radius 2 is 2.20 bits per heavy atom. The number of hydrogen-bond donors (Lipinski definition) is 1. The molecule has 6 heteroatoms. The van der Waals surface area contributed by atoms with Crippen molar-refractivity contribution >= 4 is 5.97 Å². The summed E-state index contributed by atoms with van der Waals surface area (Å²) in [6, 6.07) is 7.69. The van der Waals surface area contributed by atoms with Crippen LogP contribution >= 0.6 is 0 Å². The second kappa shape index (κ2) is 6.01. The molecule has 0 aliphatic heterocycles. The molecule has 0 saturated carbocycles. The monoisotopic (exact) mass is 274 g/mol. The van der Waals surface area contributed by atoms with Crippen molar-refractivity contribution in [2.45, 2.75) is 13.5 Å². The average molecular weight is 274 g/mol. The molecular weight excluding hydrogens is 260 g/mol. The van der Waals surface area contributed by atoms with Gasteiger partial charge in [0.2, 0.25) is 0 Å². The van der Waals surface area contributed by atoms with E-state index in [1.165, 1.54) is 22.9 Å². The van der Waals surface area contributed by atoms with E-state index in [4.69, 9.17) is 9.84 Å². The van der Waals surface area contributed by atoms with E-state index in [0.29, 0.717) is 12.3 Å². The predicted molar refractivity (Wildman–Crippen MR) is 72.1 cm³/mol. The molecule has 2 rings (SSSR count). The zero-order valence-corrected chi connectivity index (χ0v) is 10.9. The van der Waals surface area contributed by atoms with Gasteiger partial charge < -0.3 is 9.84 Å². The molecule has 1 aromatic carbocycles. The number of aryl methyl sites for hydroxylation is 1. The molecular formula is C14H14N2O4. The third kappa shape index (κ3) is 3.44. The van der Waals surface area contributed by atoms with Crippen LogP contribution in [0.1, 0.15) is 15.9 Å². The molecule has 0 saturated heterocycles. The first-order valence-electron chi connectivity index (χ1n) is 6.06. The lowest BCUT2D eigenvalue weighted by Crippen LogP contribution is -2.25. The van der Waals surface area contributed by atoms with Crippen molar-refractivity contribution < 1.29 is 14.6 Å². The summed E-state index contributed by atoms with van der Waals surface area (Å²) in [7, 11) is 0. The summed E-state index contributed by atoms with van der Waals surface area (Å²) in [4.78, 5) is 22.4. The number of aromatic carboxylic acids is 1. The first-order chi connectivity index (χ1) is 9.56. The van der Waals surface area contributed by atoms with Crippen LogP contribution in [0.15, 0.2) is 41.3 Å². The van der Waals surface area contributed by atoms with Gasteiger partial charge in [0.25, 0.3) is 5.56 Å². The summed E-state index contributed by atoms with van der Waals surface area (Å²) in [5, 5.41) is 12.8. The van der Waals surface area contributed by atoms with Crippen LogP contribution in [0.3, 0.4) is 0 Å². The topological polar surface area (TPSA) is 81.4 Å². The number of rotatable bonds is 5. The highest BCUT2D eigenvalue weighted by Gasteiger charge is 2.04. The molecule has 0 aliphatic rings. The van der Waals surface area contributed by atoms with Crippen molar-refractivity contribution in [2.75, 3.05) is 6.61 Å². The molecule has 0 spiro atoms. The van der Waals surface area contributed by atoms with Crippen LogP contribution in [-0.2, 0) is 6.54 Å². The zero-order valence-electron chi connectivity index (χ0n) is 10.9. The summed E-state index contributed by atoms with van der Waals surface area (Å²) in [6.07, 6.45) is 1.60. The average Bonchev–Trinajstić information content (AvgIpc) is 2.41. The number of carboxylic acids is 1. The molecule has 2 aromatic rings. The molecule has 0 bridgehead atoms. The highest BCUT2D eigenvalue weighted by Crippen LogP contribution is 2.13. The molecule has 0 fully saturated rings. The van der Waals surface area contributed by atoms with Gasteiger partial charge >= 0.3 is 5.97 Å². The minimum atomic E-state index is -1.01. The molecule has 104 valence electrons. The van der Waals surface area contributed by atoms with Crippen LogP contribution in [0, 0.1) is 6.92 Å². The van der Waals surface area contributed by atoms with Gasteiger partial charge in [-0.15, -0.1) is 0 Å². The maximum absolute atomic E-state index is 11.6. The van der Waals surface area contributed by atoms with Crippen LogP contribution in [0.25, 0.3) is 0 Å². The van der Waals surface area contributed by atoms with Crippen molar-refractivity contribution in [2.24, 2.45) is 0 Å². The molecule has 0 aliphatic carbocycles. The fourth-order valence-corrected chi connectivity index (χ4v) is 1.66. The third-order valence-corrected chi connectivity index (χ3v) is 2.66. The van der Waals surface area contributed by atoms with E-state index in [1.807, 2.05) is 0 Å². The number of hydrogen-bond acceptors (Lipinski definition) is 4. The van der Waals surface area contributed by atoms with Crippen LogP contribution in [0.4, 0.5) is 0 Å². The van der Waals surface area contributed by atoms with Gasteiger partial charge in [0.15, 0.2) is 0 Å². The smallest absolute Gasteiger partial charge is 0.335 e. The fraction of sp³-hybridized carbons (Fsp3) is 0.214. The molecule has 1 N–H and O–H groups in total. The van der Waals surface area contributed by atoms with E-state index in [0.717, 1.165) is 5.56 Å². The second-order valence-corrected chi connectivity index (χ2v) is 4.28. The molecule has 20 heavy (non-hydrogen) atoms. The summed E-state index contributed by atoms with van der Waals surface area (Å²) in [6.45, 7) is 2.34. The predicted octanol–water partition coefficient (Wildman–Crippen LogP) is 1.33. The van der Waals surface area contributed by atoms with Crippen molar-refractivity contribution in [3.05, 3.63) is 58.0 Å². The minimum Gasteiger partial charge on any atom is -0.492 e. The molecule has 0 radical (unpaired) electrons. The van der Waals surface area contributed by atoms with Crippen molar-refractivity contribution in [1.29, 1.82) is 0 Å². The summed E-state index contributed by atoms with van der Waals surface area (Å²) in [5.74, 6) is -0.558. The van der Waals surface area contributed by atoms with E-state index in [1.54, 1.807) is 25.3 Å². The minimum absolute atomic E-state index is 0.160. The van der Waals surface area contributed by atoms with Gasteiger partial charge in [-0.1, -0.05) is 6.07 Å². The maximum atomic E-state index is 11.6.